The summed E-state index contributed by atoms with van der Waals surface area (Å²) in [6.45, 7) is 2.82. The normalized spacial score (nSPS) is 10.9. The van der Waals surface area contributed by atoms with Crippen LogP contribution in [0.15, 0.2) is 33.0 Å². The van der Waals surface area contributed by atoms with Crippen LogP contribution in [-0.4, -0.2) is 14.8 Å². The van der Waals surface area contributed by atoms with E-state index >= 15 is 0 Å². The third-order valence-corrected chi connectivity index (χ3v) is 3.73. The second-order valence-corrected chi connectivity index (χ2v) is 5.03. The maximum atomic E-state index is 13.1. The Kier molecular flexibility index (Phi) is 4.39. The molecule has 0 amide bonds. The van der Waals surface area contributed by atoms with Crippen LogP contribution in [0.25, 0.3) is 0 Å². The average molecular weight is 282 g/mol. The number of H-pyrrole nitrogens is 1. The SMILES string of the molecule is CCCn1c(Sc2ccc(F)cc2CN)n[nH]c1=O. The van der Waals surface area contributed by atoms with Crippen LogP contribution >= 0.6 is 11.8 Å². The predicted molar refractivity (Wildman–Crippen MR) is 71.6 cm³/mol. The minimum Gasteiger partial charge on any atom is -0.326 e. The maximum absolute atomic E-state index is 13.1. The van der Waals surface area contributed by atoms with Crippen molar-refractivity contribution >= 4 is 11.8 Å². The number of nitrogens with two attached hydrogens (primary N) is 1. The Hall–Kier alpha value is -1.60. The summed E-state index contributed by atoms with van der Waals surface area (Å²) in [5, 5.41) is 6.97. The van der Waals surface area contributed by atoms with Crippen molar-refractivity contribution < 1.29 is 4.39 Å². The second-order valence-electron chi connectivity index (χ2n) is 4.02. The van der Waals surface area contributed by atoms with E-state index < -0.39 is 0 Å². The molecular formula is C12H15FN4OS. The summed E-state index contributed by atoms with van der Waals surface area (Å²) >= 11 is 1.31. The molecule has 0 fully saturated rings. The number of nitrogens with one attached hydrogen (secondary N) is 1. The van der Waals surface area contributed by atoms with Crippen LogP contribution in [0.2, 0.25) is 0 Å². The molecule has 2 rings (SSSR count). The standard InChI is InChI=1S/C12H15FN4OS/c1-2-5-17-11(18)15-16-12(17)19-10-4-3-9(13)6-8(10)7-14/h3-4,6H,2,5,7,14H2,1H3,(H,15,18). The van der Waals surface area contributed by atoms with E-state index in [4.69, 9.17) is 5.73 Å². The number of rotatable bonds is 5. The van der Waals surface area contributed by atoms with Crippen LogP contribution in [0.1, 0.15) is 18.9 Å². The summed E-state index contributed by atoms with van der Waals surface area (Å²) in [7, 11) is 0. The molecule has 0 radical (unpaired) electrons. The fraction of sp³-hybridized carbons (Fsp3) is 0.333. The summed E-state index contributed by atoms with van der Waals surface area (Å²) in [6.07, 6.45) is 0.833. The molecule has 2 aromatic rings. The molecule has 3 N–H and O–H groups in total. The first-order valence-electron chi connectivity index (χ1n) is 5.97. The van der Waals surface area contributed by atoms with Crippen molar-refractivity contribution in [3.8, 4) is 0 Å². The summed E-state index contributed by atoms with van der Waals surface area (Å²) in [4.78, 5) is 12.4. The molecule has 0 bridgehead atoms. The molecular weight excluding hydrogens is 267 g/mol. The molecule has 1 heterocycles. The van der Waals surface area contributed by atoms with E-state index in [2.05, 4.69) is 10.2 Å². The van der Waals surface area contributed by atoms with Crippen LogP contribution in [-0.2, 0) is 13.1 Å². The third-order valence-electron chi connectivity index (χ3n) is 2.61. The molecule has 0 unspecified atom stereocenters. The number of hydrogen-bond acceptors (Lipinski definition) is 4. The van der Waals surface area contributed by atoms with Crippen molar-refractivity contribution in [3.05, 3.63) is 40.1 Å². The van der Waals surface area contributed by atoms with Gasteiger partial charge in [-0.25, -0.2) is 14.3 Å². The summed E-state index contributed by atoms with van der Waals surface area (Å²) in [5.41, 5.74) is 6.06. The molecule has 5 nitrogen and oxygen atoms in total. The predicted octanol–water partition coefficient (Wildman–Crippen LogP) is 1.73. The molecule has 0 aliphatic carbocycles. The Morgan fingerprint density at radius 3 is 3.00 bits per heavy atom. The molecule has 0 saturated heterocycles. The van der Waals surface area contributed by atoms with Gasteiger partial charge in [0.15, 0.2) is 5.16 Å². The van der Waals surface area contributed by atoms with E-state index in [1.165, 1.54) is 23.9 Å². The zero-order valence-corrected chi connectivity index (χ0v) is 11.3. The first kappa shape index (κ1) is 13.8. The number of benzene rings is 1. The Labute approximate surface area is 114 Å². The average Bonchev–Trinajstić information content (AvgIpc) is 2.74. The van der Waals surface area contributed by atoms with Crippen molar-refractivity contribution in [3.63, 3.8) is 0 Å². The van der Waals surface area contributed by atoms with Gasteiger partial charge in [-0.3, -0.25) is 4.57 Å². The molecule has 102 valence electrons. The van der Waals surface area contributed by atoms with Gasteiger partial charge in [0.2, 0.25) is 0 Å². The van der Waals surface area contributed by atoms with Gasteiger partial charge < -0.3 is 5.73 Å². The number of aromatic amines is 1. The molecule has 0 aliphatic heterocycles. The highest BCUT2D eigenvalue weighted by atomic mass is 32.2. The highest BCUT2D eigenvalue weighted by Gasteiger charge is 2.12. The van der Waals surface area contributed by atoms with Crippen LogP contribution < -0.4 is 11.4 Å². The first-order valence-corrected chi connectivity index (χ1v) is 6.79. The molecule has 0 saturated carbocycles. The van der Waals surface area contributed by atoms with Gasteiger partial charge in [0.1, 0.15) is 5.82 Å². The van der Waals surface area contributed by atoms with Crippen LogP contribution in [0.5, 0.6) is 0 Å². The topological polar surface area (TPSA) is 76.7 Å². The molecule has 1 aromatic heterocycles. The zero-order valence-electron chi connectivity index (χ0n) is 10.5. The highest BCUT2D eigenvalue weighted by molar-refractivity contribution is 7.99. The van der Waals surface area contributed by atoms with Gasteiger partial charge in [-0.15, -0.1) is 5.10 Å². The smallest absolute Gasteiger partial charge is 0.326 e. The quantitative estimate of drug-likeness (QED) is 0.875. The minimum absolute atomic E-state index is 0.235. The lowest BCUT2D eigenvalue weighted by Gasteiger charge is -2.07. The van der Waals surface area contributed by atoms with Gasteiger partial charge in [-0.2, -0.15) is 0 Å². The number of aromatic nitrogens is 3. The molecule has 0 spiro atoms. The summed E-state index contributed by atoms with van der Waals surface area (Å²) in [5.74, 6) is -0.322. The van der Waals surface area contributed by atoms with Gasteiger partial charge >= 0.3 is 5.69 Å². The fourth-order valence-corrected chi connectivity index (χ4v) is 2.69. The monoisotopic (exact) mass is 282 g/mol. The van der Waals surface area contributed by atoms with Crippen molar-refractivity contribution in [1.82, 2.24) is 14.8 Å². The fourth-order valence-electron chi connectivity index (χ4n) is 1.71. The van der Waals surface area contributed by atoms with E-state index in [9.17, 15) is 9.18 Å². The van der Waals surface area contributed by atoms with Crippen molar-refractivity contribution in [2.24, 2.45) is 5.73 Å². The maximum Gasteiger partial charge on any atom is 0.343 e. The van der Waals surface area contributed by atoms with Crippen LogP contribution in [0.3, 0.4) is 0 Å². The van der Waals surface area contributed by atoms with Crippen molar-refractivity contribution in [2.45, 2.75) is 36.5 Å². The van der Waals surface area contributed by atoms with E-state index in [1.54, 1.807) is 10.6 Å². The Bertz CT molecular complexity index is 622. The van der Waals surface area contributed by atoms with E-state index in [-0.39, 0.29) is 18.1 Å². The lowest BCUT2D eigenvalue weighted by atomic mass is 10.2. The lowest BCUT2D eigenvalue weighted by Crippen LogP contribution is -2.17. The molecule has 7 heteroatoms. The zero-order chi connectivity index (χ0) is 13.8. The second kappa shape index (κ2) is 6.03. The van der Waals surface area contributed by atoms with Crippen LogP contribution in [0.4, 0.5) is 4.39 Å². The Morgan fingerprint density at radius 2 is 2.32 bits per heavy atom. The number of hydrogen-bond donors (Lipinski definition) is 2. The van der Waals surface area contributed by atoms with Gasteiger partial charge in [0.05, 0.1) is 0 Å². The minimum atomic E-state index is -0.322. The molecule has 0 atom stereocenters. The largest absolute Gasteiger partial charge is 0.343 e. The Balaban J connectivity index is 2.33. The van der Waals surface area contributed by atoms with Gasteiger partial charge in [-0.05, 0) is 41.9 Å². The molecule has 1 aromatic carbocycles. The first-order chi connectivity index (χ1) is 9.15. The summed E-state index contributed by atoms with van der Waals surface area (Å²) in [6, 6.07) is 4.42. The third kappa shape index (κ3) is 3.05. The highest BCUT2D eigenvalue weighted by Crippen LogP contribution is 2.28. The van der Waals surface area contributed by atoms with E-state index in [0.29, 0.717) is 17.3 Å². The van der Waals surface area contributed by atoms with Gasteiger partial charge in [0, 0.05) is 18.0 Å². The van der Waals surface area contributed by atoms with Crippen molar-refractivity contribution in [2.75, 3.05) is 0 Å². The van der Waals surface area contributed by atoms with Crippen molar-refractivity contribution in [1.29, 1.82) is 0 Å². The molecule has 0 aliphatic rings. The summed E-state index contributed by atoms with van der Waals surface area (Å²) < 4.78 is 14.7. The van der Waals surface area contributed by atoms with Crippen LogP contribution in [0, 0.1) is 5.82 Å². The van der Waals surface area contributed by atoms with E-state index in [0.717, 1.165) is 11.3 Å². The van der Waals surface area contributed by atoms with E-state index in [1.807, 2.05) is 6.92 Å². The Morgan fingerprint density at radius 1 is 1.53 bits per heavy atom. The number of nitrogens with zero attached hydrogens (tertiary/aromatic N) is 2. The molecule has 19 heavy (non-hydrogen) atoms. The van der Waals surface area contributed by atoms with Gasteiger partial charge in [0.25, 0.3) is 0 Å². The van der Waals surface area contributed by atoms with Gasteiger partial charge in [-0.1, -0.05) is 6.92 Å². The number of halogens is 1. The lowest BCUT2D eigenvalue weighted by molar-refractivity contribution is 0.603.